The zero-order chi connectivity index (χ0) is 13.0. The molecule has 0 bridgehead atoms. The van der Waals surface area contributed by atoms with Crippen molar-refractivity contribution in [2.75, 3.05) is 6.67 Å². The largest absolute Gasteiger partial charge is 0.269 e. The van der Waals surface area contributed by atoms with Crippen LogP contribution in [0.4, 0.5) is 10.1 Å². The molecule has 0 unspecified atom stereocenters. The maximum Gasteiger partial charge on any atom is 0.269 e. The van der Waals surface area contributed by atoms with E-state index in [-0.39, 0.29) is 12.4 Å². The number of hydrogen-bond acceptors (Lipinski definition) is 4. The third-order valence-electron chi connectivity index (χ3n) is 2.43. The van der Waals surface area contributed by atoms with Crippen LogP contribution in [0.3, 0.4) is 0 Å². The Labute approximate surface area is 102 Å². The lowest BCUT2D eigenvalue weighted by atomic mass is 10.2. The van der Waals surface area contributed by atoms with Crippen LogP contribution < -0.4 is 0 Å². The smallest absolute Gasteiger partial charge is 0.258 e. The highest BCUT2D eigenvalue weighted by molar-refractivity contribution is 5.40. The van der Waals surface area contributed by atoms with Crippen molar-refractivity contribution in [2.24, 2.45) is 0 Å². The van der Waals surface area contributed by atoms with Gasteiger partial charge in [-0.2, -0.15) is 0 Å². The first-order chi connectivity index (χ1) is 8.70. The Morgan fingerprint density at radius 3 is 2.67 bits per heavy atom. The van der Waals surface area contributed by atoms with E-state index in [1.807, 2.05) is 0 Å². The summed E-state index contributed by atoms with van der Waals surface area (Å²) in [5.74, 6) is 0. The molecule has 2 aromatic rings. The summed E-state index contributed by atoms with van der Waals surface area (Å²) in [5.41, 5.74) is 1.40. The van der Waals surface area contributed by atoms with Gasteiger partial charge >= 0.3 is 0 Å². The molecule has 0 N–H and O–H groups in total. The van der Waals surface area contributed by atoms with Gasteiger partial charge in [-0.25, -0.2) is 4.68 Å². The van der Waals surface area contributed by atoms with E-state index in [9.17, 15) is 14.5 Å². The molecule has 1 heterocycles. The van der Waals surface area contributed by atoms with Gasteiger partial charge in [-0.3, -0.25) is 14.5 Å². The lowest BCUT2D eigenvalue weighted by Crippen LogP contribution is -1.95. The van der Waals surface area contributed by atoms with Crippen LogP contribution in [0.15, 0.2) is 30.5 Å². The fourth-order valence-electron chi connectivity index (χ4n) is 1.51. The van der Waals surface area contributed by atoms with Crippen LogP contribution in [0.25, 0.3) is 5.69 Å². The van der Waals surface area contributed by atoms with Crippen LogP contribution in [0.2, 0.25) is 0 Å². The Hall–Kier alpha value is -2.31. The minimum absolute atomic E-state index is 0.0246. The second kappa shape index (κ2) is 5.35. The van der Waals surface area contributed by atoms with Gasteiger partial charge in [0.2, 0.25) is 0 Å². The van der Waals surface area contributed by atoms with Crippen LogP contribution in [0.5, 0.6) is 0 Å². The Morgan fingerprint density at radius 2 is 2.06 bits per heavy atom. The summed E-state index contributed by atoms with van der Waals surface area (Å²) in [7, 11) is 0. The monoisotopic (exact) mass is 250 g/mol. The van der Waals surface area contributed by atoms with E-state index in [0.717, 1.165) is 0 Å². The highest BCUT2D eigenvalue weighted by Gasteiger charge is 2.06. The Bertz CT molecular complexity index is 538. The number of aromatic nitrogens is 3. The summed E-state index contributed by atoms with van der Waals surface area (Å²) >= 11 is 0. The number of halogens is 1. The molecular weight excluding hydrogens is 239 g/mol. The minimum Gasteiger partial charge on any atom is -0.258 e. The highest BCUT2D eigenvalue weighted by atomic mass is 19.1. The SMILES string of the molecule is O=[N+]([O-])c1ccc(-n2cc(CCCF)nn2)cc1. The second-order valence-electron chi connectivity index (χ2n) is 3.72. The molecule has 1 aromatic heterocycles. The molecule has 0 aliphatic carbocycles. The molecular formula is C11H11FN4O2. The van der Waals surface area contributed by atoms with E-state index in [1.165, 1.54) is 16.8 Å². The van der Waals surface area contributed by atoms with Gasteiger partial charge in [0, 0.05) is 12.1 Å². The number of nitrogens with zero attached hydrogens (tertiary/aromatic N) is 4. The van der Waals surface area contributed by atoms with Crippen molar-refractivity contribution in [3.05, 3.63) is 46.3 Å². The van der Waals surface area contributed by atoms with Crippen LogP contribution in [-0.2, 0) is 6.42 Å². The summed E-state index contributed by atoms with van der Waals surface area (Å²) in [5, 5.41) is 18.3. The lowest BCUT2D eigenvalue weighted by molar-refractivity contribution is -0.384. The van der Waals surface area contributed by atoms with E-state index in [0.29, 0.717) is 24.2 Å². The summed E-state index contributed by atoms with van der Waals surface area (Å²) in [4.78, 5) is 10.0. The van der Waals surface area contributed by atoms with E-state index in [4.69, 9.17) is 0 Å². The molecule has 0 radical (unpaired) electrons. The van der Waals surface area contributed by atoms with Crippen LogP contribution in [0.1, 0.15) is 12.1 Å². The maximum atomic E-state index is 12.0. The normalized spacial score (nSPS) is 10.5. The van der Waals surface area contributed by atoms with Crippen LogP contribution in [-0.4, -0.2) is 26.6 Å². The maximum absolute atomic E-state index is 12.0. The molecule has 0 saturated heterocycles. The molecule has 0 atom stereocenters. The first-order valence-electron chi connectivity index (χ1n) is 5.43. The molecule has 7 heteroatoms. The number of alkyl halides is 1. The van der Waals surface area contributed by atoms with Gasteiger partial charge in [0.25, 0.3) is 5.69 Å². The lowest BCUT2D eigenvalue weighted by Gasteiger charge is -1.98. The average molecular weight is 250 g/mol. The van der Waals surface area contributed by atoms with Gasteiger partial charge in [0.05, 0.1) is 29.2 Å². The van der Waals surface area contributed by atoms with Crippen molar-refractivity contribution >= 4 is 5.69 Å². The summed E-state index contributed by atoms with van der Waals surface area (Å²) in [6.07, 6.45) is 2.64. The number of non-ortho nitro benzene ring substituents is 1. The third-order valence-corrected chi connectivity index (χ3v) is 2.43. The molecule has 1 aromatic carbocycles. The van der Waals surface area contributed by atoms with Crippen molar-refractivity contribution in [1.82, 2.24) is 15.0 Å². The van der Waals surface area contributed by atoms with E-state index in [1.54, 1.807) is 18.3 Å². The van der Waals surface area contributed by atoms with Gasteiger partial charge in [-0.05, 0) is 25.0 Å². The highest BCUT2D eigenvalue weighted by Crippen LogP contribution is 2.14. The Balaban J connectivity index is 2.15. The fourth-order valence-corrected chi connectivity index (χ4v) is 1.51. The predicted octanol–water partition coefficient (Wildman–Crippen LogP) is 2.08. The van der Waals surface area contributed by atoms with Crippen molar-refractivity contribution in [3.63, 3.8) is 0 Å². The quantitative estimate of drug-likeness (QED) is 0.601. The van der Waals surface area contributed by atoms with Crippen molar-refractivity contribution in [2.45, 2.75) is 12.8 Å². The number of rotatable bonds is 5. The molecule has 18 heavy (non-hydrogen) atoms. The fraction of sp³-hybridized carbons (Fsp3) is 0.273. The topological polar surface area (TPSA) is 73.8 Å². The Kier molecular flexibility index (Phi) is 3.61. The molecule has 0 aliphatic heterocycles. The van der Waals surface area contributed by atoms with Gasteiger partial charge < -0.3 is 0 Å². The standard InChI is InChI=1S/C11H11FN4O2/c12-7-1-2-9-8-15(14-13-9)10-3-5-11(6-4-10)16(17)18/h3-6,8H,1-2,7H2. The van der Waals surface area contributed by atoms with Gasteiger partial charge in [0.15, 0.2) is 0 Å². The molecule has 0 spiro atoms. The molecule has 0 fully saturated rings. The molecule has 6 nitrogen and oxygen atoms in total. The zero-order valence-corrected chi connectivity index (χ0v) is 9.49. The number of hydrogen-bond donors (Lipinski definition) is 0. The van der Waals surface area contributed by atoms with Crippen molar-refractivity contribution in [1.29, 1.82) is 0 Å². The minimum atomic E-state index is -0.461. The number of nitro benzene ring substituents is 1. The van der Waals surface area contributed by atoms with Crippen LogP contribution in [0, 0.1) is 10.1 Å². The molecule has 0 amide bonds. The van der Waals surface area contributed by atoms with E-state index >= 15 is 0 Å². The molecule has 0 aliphatic rings. The van der Waals surface area contributed by atoms with Gasteiger partial charge in [0.1, 0.15) is 0 Å². The Morgan fingerprint density at radius 1 is 1.33 bits per heavy atom. The number of aryl methyl sites for hydroxylation is 1. The molecule has 0 saturated carbocycles. The summed E-state index contributed by atoms with van der Waals surface area (Å²) < 4.78 is 13.5. The molecule has 2 rings (SSSR count). The van der Waals surface area contributed by atoms with Gasteiger partial charge in [-0.1, -0.05) is 5.21 Å². The third kappa shape index (κ3) is 2.68. The first-order valence-corrected chi connectivity index (χ1v) is 5.43. The van der Waals surface area contributed by atoms with Crippen molar-refractivity contribution in [3.8, 4) is 5.69 Å². The second-order valence-corrected chi connectivity index (χ2v) is 3.72. The van der Waals surface area contributed by atoms with E-state index in [2.05, 4.69) is 10.3 Å². The summed E-state index contributed by atoms with van der Waals surface area (Å²) in [6.45, 7) is -0.385. The molecule has 94 valence electrons. The van der Waals surface area contributed by atoms with Crippen LogP contribution >= 0.6 is 0 Å². The first kappa shape index (κ1) is 12.2. The van der Waals surface area contributed by atoms with Crippen molar-refractivity contribution < 1.29 is 9.31 Å². The average Bonchev–Trinajstić information content (AvgIpc) is 2.85. The number of nitro groups is 1. The number of benzene rings is 1. The zero-order valence-electron chi connectivity index (χ0n) is 9.49. The van der Waals surface area contributed by atoms with E-state index < -0.39 is 4.92 Å². The summed E-state index contributed by atoms with van der Waals surface area (Å²) in [6, 6.07) is 5.98. The van der Waals surface area contributed by atoms with Gasteiger partial charge in [-0.15, -0.1) is 5.10 Å². The predicted molar refractivity (Wildman–Crippen MR) is 62.3 cm³/mol.